The van der Waals surface area contributed by atoms with Crippen molar-refractivity contribution in [1.29, 1.82) is 0 Å². The predicted octanol–water partition coefficient (Wildman–Crippen LogP) is 5.41. The van der Waals surface area contributed by atoms with Gasteiger partial charge in [-0.1, -0.05) is 42.5 Å². The van der Waals surface area contributed by atoms with E-state index in [1.165, 1.54) is 5.56 Å². The first kappa shape index (κ1) is 21.9. The van der Waals surface area contributed by atoms with Gasteiger partial charge in [-0.25, -0.2) is 0 Å². The number of fused-ring (bicyclic) bond motifs is 1. The van der Waals surface area contributed by atoms with Gasteiger partial charge in [0.15, 0.2) is 11.5 Å². The second-order valence-corrected chi connectivity index (χ2v) is 7.74. The highest BCUT2D eigenvalue weighted by Gasteiger charge is 2.20. The highest BCUT2D eigenvalue weighted by molar-refractivity contribution is 5.84. The summed E-state index contributed by atoms with van der Waals surface area (Å²) < 4.78 is 22.5. The molecule has 1 aliphatic heterocycles. The highest BCUT2D eigenvalue weighted by Crippen LogP contribution is 2.36. The Kier molecular flexibility index (Phi) is 7.41. The van der Waals surface area contributed by atoms with Gasteiger partial charge in [-0.2, -0.15) is 0 Å². The molecule has 0 saturated heterocycles. The summed E-state index contributed by atoms with van der Waals surface area (Å²) in [7, 11) is 3.36. The largest absolute Gasteiger partial charge is 0.493 e. The zero-order valence-electron chi connectivity index (χ0n) is 18.6. The van der Waals surface area contributed by atoms with E-state index in [9.17, 15) is 0 Å². The van der Waals surface area contributed by atoms with Crippen LogP contribution in [0.2, 0.25) is 0 Å². The van der Waals surface area contributed by atoms with Crippen molar-refractivity contribution in [3.63, 3.8) is 0 Å². The van der Waals surface area contributed by atoms with Crippen LogP contribution in [0.25, 0.3) is 0 Å². The Morgan fingerprint density at radius 1 is 0.875 bits per heavy atom. The van der Waals surface area contributed by atoms with Crippen LogP contribution in [-0.2, 0) is 17.8 Å². The van der Waals surface area contributed by atoms with Crippen molar-refractivity contribution in [2.24, 2.45) is 4.99 Å². The van der Waals surface area contributed by atoms with Crippen molar-refractivity contribution in [2.75, 3.05) is 27.4 Å². The number of methoxy groups -OCH3 is 2. The average Bonchev–Trinajstić information content (AvgIpc) is 2.85. The molecule has 0 amide bonds. The van der Waals surface area contributed by atoms with Crippen LogP contribution in [-0.4, -0.2) is 33.6 Å². The summed E-state index contributed by atoms with van der Waals surface area (Å²) in [6.45, 7) is 1.82. The van der Waals surface area contributed by atoms with Gasteiger partial charge in [0.25, 0.3) is 0 Å². The zero-order valence-corrected chi connectivity index (χ0v) is 18.6. The van der Waals surface area contributed by atoms with Crippen molar-refractivity contribution in [1.82, 2.24) is 0 Å². The SMILES string of the molecule is COCCCOc1cc2c(cc1OC)C=NC(c1ccc(OCc3ccccc3)cc1)C2. The average molecular weight is 432 g/mol. The molecule has 5 nitrogen and oxygen atoms in total. The van der Waals surface area contributed by atoms with Gasteiger partial charge in [0.1, 0.15) is 12.4 Å². The van der Waals surface area contributed by atoms with Crippen molar-refractivity contribution >= 4 is 6.21 Å². The molecular weight excluding hydrogens is 402 g/mol. The minimum atomic E-state index is 0.0698. The van der Waals surface area contributed by atoms with E-state index < -0.39 is 0 Å². The summed E-state index contributed by atoms with van der Waals surface area (Å²) in [5.74, 6) is 2.35. The molecule has 0 aliphatic carbocycles. The van der Waals surface area contributed by atoms with Gasteiger partial charge in [-0.3, -0.25) is 4.99 Å². The lowest BCUT2D eigenvalue weighted by atomic mass is 9.93. The number of aliphatic imine (C=N–C) groups is 1. The van der Waals surface area contributed by atoms with E-state index in [0.29, 0.717) is 19.8 Å². The third kappa shape index (κ3) is 5.48. The Bertz CT molecular complexity index is 1030. The quantitative estimate of drug-likeness (QED) is 0.403. The molecule has 166 valence electrons. The summed E-state index contributed by atoms with van der Waals surface area (Å²) in [4.78, 5) is 4.78. The van der Waals surface area contributed by atoms with Crippen LogP contribution in [0.4, 0.5) is 0 Å². The highest BCUT2D eigenvalue weighted by atomic mass is 16.5. The summed E-state index contributed by atoms with van der Waals surface area (Å²) in [6.07, 6.45) is 3.58. The van der Waals surface area contributed by atoms with E-state index in [2.05, 4.69) is 30.3 Å². The van der Waals surface area contributed by atoms with Gasteiger partial charge in [0.2, 0.25) is 0 Å². The van der Waals surface area contributed by atoms with Gasteiger partial charge >= 0.3 is 0 Å². The Morgan fingerprint density at radius 3 is 2.44 bits per heavy atom. The van der Waals surface area contributed by atoms with E-state index in [-0.39, 0.29) is 6.04 Å². The molecule has 3 aromatic carbocycles. The maximum Gasteiger partial charge on any atom is 0.161 e. The lowest BCUT2D eigenvalue weighted by Gasteiger charge is -2.21. The maximum absolute atomic E-state index is 5.95. The zero-order chi connectivity index (χ0) is 22.2. The number of ether oxygens (including phenoxy) is 4. The summed E-state index contributed by atoms with van der Waals surface area (Å²) in [5, 5.41) is 0. The summed E-state index contributed by atoms with van der Waals surface area (Å²) in [5.41, 5.74) is 4.60. The molecule has 5 heteroatoms. The fraction of sp³-hybridized carbons (Fsp3) is 0.296. The molecule has 0 spiro atoms. The fourth-order valence-corrected chi connectivity index (χ4v) is 3.73. The molecule has 3 aromatic rings. The van der Waals surface area contributed by atoms with Crippen LogP contribution in [0.15, 0.2) is 71.7 Å². The van der Waals surface area contributed by atoms with Gasteiger partial charge in [0.05, 0.1) is 19.8 Å². The van der Waals surface area contributed by atoms with E-state index in [1.54, 1.807) is 14.2 Å². The molecule has 32 heavy (non-hydrogen) atoms. The van der Waals surface area contributed by atoms with Crippen molar-refractivity contribution in [3.8, 4) is 17.2 Å². The van der Waals surface area contributed by atoms with Crippen LogP contribution in [0.5, 0.6) is 17.2 Å². The maximum atomic E-state index is 5.95. The van der Waals surface area contributed by atoms with Crippen molar-refractivity contribution in [3.05, 3.63) is 89.0 Å². The van der Waals surface area contributed by atoms with Gasteiger partial charge in [-0.15, -0.1) is 0 Å². The summed E-state index contributed by atoms with van der Waals surface area (Å²) >= 11 is 0. The van der Waals surface area contributed by atoms with E-state index >= 15 is 0 Å². The van der Waals surface area contributed by atoms with E-state index in [1.807, 2.05) is 42.6 Å². The Balaban J connectivity index is 1.42. The second kappa shape index (κ2) is 10.8. The van der Waals surface area contributed by atoms with Crippen LogP contribution < -0.4 is 14.2 Å². The van der Waals surface area contributed by atoms with E-state index in [4.69, 9.17) is 23.9 Å². The smallest absolute Gasteiger partial charge is 0.161 e. The van der Waals surface area contributed by atoms with Gasteiger partial charge in [0, 0.05) is 26.4 Å². The Hall–Kier alpha value is -3.31. The number of benzene rings is 3. The third-order valence-corrected chi connectivity index (χ3v) is 5.50. The van der Waals surface area contributed by atoms with Crippen LogP contribution >= 0.6 is 0 Å². The number of hydrogen-bond acceptors (Lipinski definition) is 5. The van der Waals surface area contributed by atoms with Crippen LogP contribution in [0.3, 0.4) is 0 Å². The minimum absolute atomic E-state index is 0.0698. The summed E-state index contributed by atoms with van der Waals surface area (Å²) in [6, 6.07) is 22.5. The molecule has 0 fully saturated rings. The molecule has 4 rings (SSSR count). The van der Waals surface area contributed by atoms with Crippen LogP contribution in [0.1, 0.15) is 34.7 Å². The first-order valence-corrected chi connectivity index (χ1v) is 10.9. The van der Waals surface area contributed by atoms with Gasteiger partial charge < -0.3 is 18.9 Å². The standard InChI is InChI=1S/C27H29NO4/c1-29-13-6-14-31-27-16-22-15-25(28-18-23(22)17-26(27)30-2)21-9-11-24(12-10-21)32-19-20-7-4-3-5-8-20/h3-5,7-12,16-18,25H,6,13-15,19H2,1-2H3. The molecule has 1 heterocycles. The molecule has 0 aromatic heterocycles. The molecule has 0 bridgehead atoms. The molecule has 0 saturated carbocycles. The van der Waals surface area contributed by atoms with E-state index in [0.717, 1.165) is 46.8 Å². The second-order valence-electron chi connectivity index (χ2n) is 7.74. The number of nitrogens with zero attached hydrogens (tertiary/aromatic N) is 1. The molecule has 1 aliphatic rings. The normalized spacial score (nSPS) is 14.6. The lowest BCUT2D eigenvalue weighted by Crippen LogP contribution is -2.10. The molecule has 0 N–H and O–H groups in total. The topological polar surface area (TPSA) is 49.3 Å². The Morgan fingerprint density at radius 2 is 1.69 bits per heavy atom. The Labute approximate surface area is 189 Å². The van der Waals surface area contributed by atoms with Crippen LogP contribution in [0, 0.1) is 0 Å². The number of hydrogen-bond donors (Lipinski definition) is 0. The first-order chi connectivity index (χ1) is 15.8. The molecular formula is C27H29NO4. The predicted molar refractivity (Wildman–Crippen MR) is 126 cm³/mol. The minimum Gasteiger partial charge on any atom is -0.493 e. The van der Waals surface area contributed by atoms with Crippen molar-refractivity contribution in [2.45, 2.75) is 25.5 Å². The first-order valence-electron chi connectivity index (χ1n) is 10.9. The molecule has 0 radical (unpaired) electrons. The molecule has 1 atom stereocenters. The monoisotopic (exact) mass is 431 g/mol. The third-order valence-electron chi connectivity index (χ3n) is 5.50. The molecule has 1 unspecified atom stereocenters. The lowest BCUT2D eigenvalue weighted by molar-refractivity contribution is 0.170. The fourth-order valence-electron chi connectivity index (χ4n) is 3.73. The number of rotatable bonds is 10. The van der Waals surface area contributed by atoms with Gasteiger partial charge in [-0.05, 0) is 52.9 Å². The van der Waals surface area contributed by atoms with Crippen molar-refractivity contribution < 1.29 is 18.9 Å².